The van der Waals surface area contributed by atoms with E-state index in [1.807, 2.05) is 0 Å². The first-order valence-corrected chi connectivity index (χ1v) is 9.44. The summed E-state index contributed by atoms with van der Waals surface area (Å²) in [7, 11) is 2.16. The van der Waals surface area contributed by atoms with Crippen molar-refractivity contribution in [1.82, 2.24) is 24.4 Å². The van der Waals surface area contributed by atoms with Crippen molar-refractivity contribution < 1.29 is 0 Å². The summed E-state index contributed by atoms with van der Waals surface area (Å²) < 4.78 is 1.40. The van der Waals surface area contributed by atoms with E-state index in [1.54, 1.807) is 6.07 Å². The summed E-state index contributed by atoms with van der Waals surface area (Å²) in [6.45, 7) is 9.66. The first-order chi connectivity index (χ1) is 11.5. The number of fused-ring (bicyclic) bond motifs is 1. The largest absolute Gasteiger partial charge is 0.356 e. The Balaban J connectivity index is 1.66. The maximum atomic E-state index is 12.1. The summed E-state index contributed by atoms with van der Waals surface area (Å²) >= 11 is 1.45. The van der Waals surface area contributed by atoms with Crippen molar-refractivity contribution in [3.8, 4) is 0 Å². The highest BCUT2D eigenvalue weighted by Crippen LogP contribution is 2.18. The lowest BCUT2D eigenvalue weighted by Gasteiger charge is -2.33. The van der Waals surface area contributed by atoms with Gasteiger partial charge in [-0.2, -0.15) is 4.52 Å². The molecular weight excluding hydrogens is 324 g/mol. The van der Waals surface area contributed by atoms with Crippen LogP contribution in [0.5, 0.6) is 0 Å². The fourth-order valence-corrected chi connectivity index (χ4v) is 3.91. The number of nitrogens with zero attached hydrogens (tertiary/aromatic N) is 5. The Morgan fingerprint density at radius 3 is 2.79 bits per heavy atom. The highest BCUT2D eigenvalue weighted by atomic mass is 32.1. The molecule has 0 saturated carbocycles. The quantitative estimate of drug-likeness (QED) is 0.843. The van der Waals surface area contributed by atoms with Crippen LogP contribution in [0, 0.1) is 0 Å². The molecule has 3 heterocycles. The van der Waals surface area contributed by atoms with Gasteiger partial charge in [-0.1, -0.05) is 24.7 Å². The third-order valence-corrected chi connectivity index (χ3v) is 5.14. The standard InChI is InChI=1S/C16H26N6OS/c1-4-5-13-10-14(23)22-16(18-13)24-15(19-22)17-12(2)11-21-8-6-20(3)7-9-21/h10,12H,4-9,11H2,1-3H3,(H,17,19). The molecule has 1 N–H and O–H groups in total. The van der Waals surface area contributed by atoms with Crippen molar-refractivity contribution in [1.29, 1.82) is 0 Å². The van der Waals surface area contributed by atoms with E-state index >= 15 is 0 Å². The topological polar surface area (TPSA) is 65.8 Å². The smallest absolute Gasteiger partial charge is 0.275 e. The minimum Gasteiger partial charge on any atom is -0.356 e. The number of aromatic nitrogens is 3. The van der Waals surface area contributed by atoms with Crippen LogP contribution in [0.4, 0.5) is 5.13 Å². The number of likely N-dealkylation sites (N-methyl/N-ethyl adjacent to an activating group) is 1. The van der Waals surface area contributed by atoms with Crippen molar-refractivity contribution in [2.45, 2.75) is 32.7 Å². The average molecular weight is 350 g/mol. The molecule has 0 spiro atoms. The maximum Gasteiger partial charge on any atom is 0.275 e. The van der Waals surface area contributed by atoms with Crippen LogP contribution in [0.2, 0.25) is 0 Å². The third kappa shape index (κ3) is 4.12. The fourth-order valence-electron chi connectivity index (χ4n) is 2.97. The zero-order chi connectivity index (χ0) is 17.1. The van der Waals surface area contributed by atoms with E-state index in [0.29, 0.717) is 4.96 Å². The van der Waals surface area contributed by atoms with E-state index < -0.39 is 0 Å². The van der Waals surface area contributed by atoms with Gasteiger partial charge in [-0.05, 0) is 20.4 Å². The molecule has 2 aromatic rings. The van der Waals surface area contributed by atoms with E-state index in [9.17, 15) is 4.79 Å². The molecule has 1 fully saturated rings. The summed E-state index contributed by atoms with van der Waals surface area (Å²) in [5.41, 5.74) is 0.752. The van der Waals surface area contributed by atoms with Gasteiger partial charge in [0, 0.05) is 50.5 Å². The van der Waals surface area contributed by atoms with Gasteiger partial charge >= 0.3 is 0 Å². The molecule has 132 valence electrons. The fraction of sp³-hybridized carbons (Fsp3) is 0.688. The summed E-state index contributed by atoms with van der Waals surface area (Å²) in [5.74, 6) is 0. The molecule has 0 aliphatic carbocycles. The Bertz CT molecular complexity index is 734. The van der Waals surface area contributed by atoms with E-state index in [4.69, 9.17) is 0 Å². The molecular formula is C16H26N6OS. The molecule has 2 aromatic heterocycles. The molecule has 1 unspecified atom stereocenters. The van der Waals surface area contributed by atoms with Gasteiger partial charge in [-0.25, -0.2) is 4.98 Å². The molecule has 0 amide bonds. The second-order valence-electron chi connectivity index (χ2n) is 6.59. The SMILES string of the molecule is CCCc1cc(=O)n2nc(NC(C)CN3CCN(C)CC3)sc2n1. The number of hydrogen-bond donors (Lipinski definition) is 1. The Labute approximate surface area is 146 Å². The van der Waals surface area contributed by atoms with Crippen molar-refractivity contribution in [3.63, 3.8) is 0 Å². The first-order valence-electron chi connectivity index (χ1n) is 8.62. The van der Waals surface area contributed by atoms with E-state index in [2.05, 4.69) is 46.1 Å². The van der Waals surface area contributed by atoms with Crippen LogP contribution < -0.4 is 10.9 Å². The summed E-state index contributed by atoms with van der Waals surface area (Å²) in [4.78, 5) is 22.2. The number of aryl methyl sites for hydroxylation is 1. The van der Waals surface area contributed by atoms with Crippen LogP contribution in [-0.4, -0.2) is 70.2 Å². The highest BCUT2D eigenvalue weighted by Gasteiger charge is 2.17. The molecule has 24 heavy (non-hydrogen) atoms. The van der Waals surface area contributed by atoms with Crippen LogP contribution in [0.15, 0.2) is 10.9 Å². The summed E-state index contributed by atoms with van der Waals surface area (Å²) in [6, 6.07) is 1.87. The Morgan fingerprint density at radius 1 is 1.33 bits per heavy atom. The second kappa shape index (κ2) is 7.58. The zero-order valence-corrected chi connectivity index (χ0v) is 15.5. The predicted octanol–water partition coefficient (Wildman–Crippen LogP) is 1.15. The van der Waals surface area contributed by atoms with Crippen molar-refractivity contribution >= 4 is 21.4 Å². The van der Waals surface area contributed by atoms with Crippen LogP contribution in [-0.2, 0) is 6.42 Å². The number of anilines is 1. The molecule has 7 nitrogen and oxygen atoms in total. The average Bonchev–Trinajstić information content (AvgIpc) is 2.93. The van der Waals surface area contributed by atoms with Gasteiger partial charge in [0.2, 0.25) is 10.1 Å². The Kier molecular flexibility index (Phi) is 5.47. The number of nitrogens with one attached hydrogen (secondary N) is 1. The lowest BCUT2D eigenvalue weighted by molar-refractivity contribution is 0.151. The third-order valence-electron chi connectivity index (χ3n) is 4.30. The van der Waals surface area contributed by atoms with E-state index in [1.165, 1.54) is 15.9 Å². The molecule has 1 saturated heterocycles. The molecule has 1 aliphatic heterocycles. The van der Waals surface area contributed by atoms with Crippen LogP contribution in [0.1, 0.15) is 26.0 Å². The summed E-state index contributed by atoms with van der Waals surface area (Å²) in [5, 5.41) is 8.56. The number of rotatable bonds is 6. The van der Waals surface area contributed by atoms with Gasteiger partial charge in [0.15, 0.2) is 0 Å². The Hall–Kier alpha value is -1.51. The van der Waals surface area contributed by atoms with E-state index in [0.717, 1.165) is 56.4 Å². The molecule has 1 aliphatic rings. The van der Waals surface area contributed by atoms with E-state index in [-0.39, 0.29) is 11.6 Å². The minimum absolute atomic E-state index is 0.0977. The molecule has 1 atom stereocenters. The highest BCUT2D eigenvalue weighted by molar-refractivity contribution is 7.20. The van der Waals surface area contributed by atoms with Gasteiger partial charge in [-0.3, -0.25) is 9.69 Å². The van der Waals surface area contributed by atoms with Crippen molar-refractivity contribution in [2.75, 3.05) is 45.1 Å². The molecule has 3 rings (SSSR count). The molecule has 0 aromatic carbocycles. The van der Waals surface area contributed by atoms with Crippen LogP contribution >= 0.6 is 11.3 Å². The number of piperazine rings is 1. The molecule has 0 radical (unpaired) electrons. The van der Waals surface area contributed by atoms with Gasteiger partial charge in [-0.15, -0.1) is 5.10 Å². The Morgan fingerprint density at radius 2 is 2.08 bits per heavy atom. The lowest BCUT2D eigenvalue weighted by atomic mass is 10.2. The van der Waals surface area contributed by atoms with Gasteiger partial charge in [0.25, 0.3) is 5.56 Å². The normalized spacial score (nSPS) is 18.1. The second-order valence-corrected chi connectivity index (χ2v) is 7.54. The number of hydrogen-bond acceptors (Lipinski definition) is 7. The lowest BCUT2D eigenvalue weighted by Crippen LogP contribution is -2.47. The molecule has 8 heteroatoms. The summed E-state index contributed by atoms with van der Waals surface area (Å²) in [6.07, 6.45) is 1.81. The maximum absolute atomic E-state index is 12.1. The van der Waals surface area contributed by atoms with Gasteiger partial charge in [0.1, 0.15) is 0 Å². The van der Waals surface area contributed by atoms with Crippen LogP contribution in [0.25, 0.3) is 4.96 Å². The minimum atomic E-state index is -0.0977. The first kappa shape index (κ1) is 17.3. The van der Waals surface area contributed by atoms with Crippen molar-refractivity contribution in [3.05, 3.63) is 22.1 Å². The molecule has 0 bridgehead atoms. The van der Waals surface area contributed by atoms with Crippen molar-refractivity contribution in [2.24, 2.45) is 0 Å². The van der Waals surface area contributed by atoms with Crippen LogP contribution in [0.3, 0.4) is 0 Å². The predicted molar refractivity (Wildman–Crippen MR) is 98.2 cm³/mol. The van der Waals surface area contributed by atoms with Gasteiger partial charge < -0.3 is 10.2 Å². The zero-order valence-electron chi connectivity index (χ0n) is 14.7. The monoisotopic (exact) mass is 350 g/mol. The van der Waals surface area contributed by atoms with Gasteiger partial charge in [0.05, 0.1) is 0 Å².